The summed E-state index contributed by atoms with van der Waals surface area (Å²) in [6, 6.07) is 16.0. The van der Waals surface area contributed by atoms with Crippen LogP contribution in [0.15, 0.2) is 65.3 Å². The molecular weight excluding hydrogens is 324 g/mol. The highest BCUT2D eigenvalue weighted by Gasteiger charge is 2.13. The summed E-state index contributed by atoms with van der Waals surface area (Å²) in [5, 5.41) is 13.7. The fraction of sp³-hybridized carbons (Fsp3) is 0. The molecule has 0 bridgehead atoms. The third-order valence-electron chi connectivity index (χ3n) is 3.52. The Hall–Kier alpha value is -3.12. The zero-order chi connectivity index (χ0) is 16.5. The molecule has 0 saturated heterocycles. The fourth-order valence-electron chi connectivity index (χ4n) is 2.38. The molecule has 4 aromatic rings. The van der Waals surface area contributed by atoms with Crippen molar-refractivity contribution in [2.45, 2.75) is 0 Å². The molecule has 0 saturated carbocycles. The first-order chi connectivity index (χ1) is 11.7. The van der Waals surface area contributed by atoms with Crippen LogP contribution >= 0.6 is 11.3 Å². The van der Waals surface area contributed by atoms with Crippen molar-refractivity contribution >= 4 is 33.1 Å². The van der Waals surface area contributed by atoms with Gasteiger partial charge in [0.25, 0.3) is 5.91 Å². The van der Waals surface area contributed by atoms with Crippen molar-refractivity contribution in [2.24, 2.45) is 0 Å². The molecular formula is C18H12N2O3S. The SMILES string of the molecule is O=C(Nc1ccc(-c2nc3ccccc3s2)c(O)c1)c1ccco1. The number of aromatic nitrogens is 1. The molecule has 0 unspecified atom stereocenters. The van der Waals surface area contributed by atoms with E-state index in [1.807, 2.05) is 24.3 Å². The lowest BCUT2D eigenvalue weighted by Crippen LogP contribution is -2.10. The number of anilines is 1. The van der Waals surface area contributed by atoms with Crippen molar-refractivity contribution in [2.75, 3.05) is 5.32 Å². The Labute approximate surface area is 141 Å². The van der Waals surface area contributed by atoms with Crippen LogP contribution < -0.4 is 5.32 Å². The van der Waals surface area contributed by atoms with Gasteiger partial charge >= 0.3 is 0 Å². The first-order valence-corrected chi connectivity index (χ1v) is 8.06. The van der Waals surface area contributed by atoms with Gasteiger partial charge in [-0.25, -0.2) is 4.98 Å². The minimum atomic E-state index is -0.368. The molecule has 0 aliphatic carbocycles. The predicted molar refractivity (Wildman–Crippen MR) is 93.4 cm³/mol. The monoisotopic (exact) mass is 336 g/mol. The Morgan fingerprint density at radius 2 is 2.00 bits per heavy atom. The number of aromatic hydroxyl groups is 1. The average molecular weight is 336 g/mol. The lowest BCUT2D eigenvalue weighted by Gasteiger charge is -2.06. The minimum Gasteiger partial charge on any atom is -0.507 e. The van der Waals surface area contributed by atoms with Crippen LogP contribution in [0.25, 0.3) is 20.8 Å². The third kappa shape index (κ3) is 2.63. The number of nitrogens with one attached hydrogen (secondary N) is 1. The molecule has 4 rings (SSSR count). The second-order valence-electron chi connectivity index (χ2n) is 5.15. The number of benzene rings is 2. The summed E-state index contributed by atoms with van der Waals surface area (Å²) in [7, 11) is 0. The van der Waals surface area contributed by atoms with Crippen molar-refractivity contribution < 1.29 is 14.3 Å². The molecule has 2 aromatic carbocycles. The topological polar surface area (TPSA) is 75.4 Å². The average Bonchev–Trinajstić information content (AvgIpc) is 3.24. The number of thiazole rings is 1. The van der Waals surface area contributed by atoms with Gasteiger partial charge in [-0.2, -0.15) is 0 Å². The van der Waals surface area contributed by atoms with E-state index < -0.39 is 0 Å². The van der Waals surface area contributed by atoms with Crippen LogP contribution in [0.5, 0.6) is 5.75 Å². The molecule has 6 heteroatoms. The summed E-state index contributed by atoms with van der Waals surface area (Å²) in [6.07, 6.45) is 1.43. The summed E-state index contributed by atoms with van der Waals surface area (Å²) in [4.78, 5) is 16.5. The number of carbonyl (C=O) groups excluding carboxylic acids is 1. The maximum Gasteiger partial charge on any atom is 0.291 e. The van der Waals surface area contributed by atoms with E-state index in [0.29, 0.717) is 11.3 Å². The van der Waals surface area contributed by atoms with E-state index in [9.17, 15) is 9.90 Å². The van der Waals surface area contributed by atoms with Crippen LogP contribution in [0, 0.1) is 0 Å². The minimum absolute atomic E-state index is 0.0614. The molecule has 1 amide bonds. The van der Waals surface area contributed by atoms with Crippen molar-refractivity contribution in [3.8, 4) is 16.3 Å². The van der Waals surface area contributed by atoms with Crippen molar-refractivity contribution in [3.63, 3.8) is 0 Å². The number of amides is 1. The molecule has 0 atom stereocenters. The number of furan rings is 1. The van der Waals surface area contributed by atoms with Crippen molar-refractivity contribution in [1.29, 1.82) is 0 Å². The van der Waals surface area contributed by atoms with Gasteiger partial charge in [0.05, 0.1) is 22.0 Å². The number of para-hydroxylation sites is 1. The Bertz CT molecular complexity index is 989. The zero-order valence-corrected chi connectivity index (χ0v) is 13.2. The van der Waals surface area contributed by atoms with Gasteiger partial charge in [-0.05, 0) is 36.4 Å². The van der Waals surface area contributed by atoms with Gasteiger partial charge in [0.2, 0.25) is 0 Å². The van der Waals surface area contributed by atoms with Crippen molar-refractivity contribution in [1.82, 2.24) is 4.98 Å². The molecule has 0 radical (unpaired) electrons. The summed E-state index contributed by atoms with van der Waals surface area (Å²) in [5.41, 5.74) is 2.01. The molecule has 0 aliphatic heterocycles. The highest BCUT2D eigenvalue weighted by Crippen LogP contribution is 2.36. The molecule has 0 aliphatic rings. The van der Waals surface area contributed by atoms with E-state index in [2.05, 4.69) is 10.3 Å². The smallest absolute Gasteiger partial charge is 0.291 e. The lowest BCUT2D eigenvalue weighted by molar-refractivity contribution is 0.0996. The van der Waals surface area contributed by atoms with E-state index in [4.69, 9.17) is 4.42 Å². The van der Waals surface area contributed by atoms with Gasteiger partial charge < -0.3 is 14.8 Å². The Morgan fingerprint density at radius 3 is 2.75 bits per heavy atom. The molecule has 2 aromatic heterocycles. The number of carbonyl (C=O) groups is 1. The second kappa shape index (κ2) is 5.82. The standard InChI is InChI=1S/C18H12N2O3S/c21-14-10-11(19-17(22)15-5-3-9-23-15)7-8-12(14)18-20-13-4-1-2-6-16(13)24-18/h1-10,21H,(H,19,22). The maximum absolute atomic E-state index is 12.0. The van der Waals surface area contributed by atoms with Crippen LogP contribution in [-0.2, 0) is 0 Å². The second-order valence-corrected chi connectivity index (χ2v) is 6.18. The number of nitrogens with zero attached hydrogens (tertiary/aromatic N) is 1. The number of fused-ring (bicyclic) bond motifs is 1. The normalized spacial score (nSPS) is 10.8. The quantitative estimate of drug-likeness (QED) is 0.577. The fourth-order valence-corrected chi connectivity index (χ4v) is 3.38. The van der Waals surface area contributed by atoms with Crippen LogP contribution in [0.3, 0.4) is 0 Å². The summed E-state index contributed by atoms with van der Waals surface area (Å²) in [5.74, 6) is -0.0943. The first-order valence-electron chi connectivity index (χ1n) is 7.24. The first kappa shape index (κ1) is 14.5. The van der Waals surface area contributed by atoms with E-state index in [1.54, 1.807) is 24.3 Å². The van der Waals surface area contributed by atoms with E-state index >= 15 is 0 Å². The number of hydrogen-bond donors (Lipinski definition) is 2. The molecule has 0 spiro atoms. The highest BCUT2D eigenvalue weighted by atomic mass is 32.1. The number of rotatable bonds is 3. The maximum atomic E-state index is 12.0. The van der Waals surface area contributed by atoms with Gasteiger partial charge in [0.1, 0.15) is 10.8 Å². The van der Waals surface area contributed by atoms with Crippen LogP contribution in [-0.4, -0.2) is 16.0 Å². The summed E-state index contributed by atoms with van der Waals surface area (Å²) >= 11 is 1.51. The zero-order valence-electron chi connectivity index (χ0n) is 12.4. The third-order valence-corrected chi connectivity index (χ3v) is 4.59. The summed E-state index contributed by atoms with van der Waals surface area (Å²) in [6.45, 7) is 0. The van der Waals surface area contributed by atoms with Gasteiger partial charge in [0.15, 0.2) is 5.76 Å². The van der Waals surface area contributed by atoms with Gasteiger partial charge in [-0.1, -0.05) is 12.1 Å². The molecule has 118 valence electrons. The number of phenols is 1. The van der Waals surface area contributed by atoms with Gasteiger partial charge in [0, 0.05) is 11.8 Å². The molecule has 5 nitrogen and oxygen atoms in total. The van der Waals surface area contributed by atoms with Crippen LogP contribution in [0.1, 0.15) is 10.6 Å². The number of phenolic OH excluding ortho intramolecular Hbond substituents is 1. The summed E-state index contributed by atoms with van der Waals surface area (Å²) < 4.78 is 6.10. The van der Waals surface area contributed by atoms with E-state index in [0.717, 1.165) is 15.2 Å². The largest absolute Gasteiger partial charge is 0.507 e. The van der Waals surface area contributed by atoms with Gasteiger partial charge in [-0.15, -0.1) is 11.3 Å². The Kier molecular flexibility index (Phi) is 3.51. The predicted octanol–water partition coefficient (Wildman–Crippen LogP) is 4.51. The molecule has 0 fully saturated rings. The Morgan fingerprint density at radius 1 is 1.12 bits per heavy atom. The van der Waals surface area contributed by atoms with Crippen LogP contribution in [0.2, 0.25) is 0 Å². The van der Waals surface area contributed by atoms with Crippen molar-refractivity contribution in [3.05, 3.63) is 66.6 Å². The molecule has 24 heavy (non-hydrogen) atoms. The van der Waals surface area contributed by atoms with E-state index in [1.165, 1.54) is 23.7 Å². The van der Waals surface area contributed by atoms with Crippen LogP contribution in [0.4, 0.5) is 5.69 Å². The molecule has 2 N–H and O–H groups in total. The number of hydrogen-bond acceptors (Lipinski definition) is 5. The highest BCUT2D eigenvalue weighted by molar-refractivity contribution is 7.21. The van der Waals surface area contributed by atoms with E-state index in [-0.39, 0.29) is 17.4 Å². The molecule has 2 heterocycles. The lowest BCUT2D eigenvalue weighted by atomic mass is 10.2. The van der Waals surface area contributed by atoms with Gasteiger partial charge in [-0.3, -0.25) is 4.79 Å². The Balaban J connectivity index is 1.63.